The zero-order valence-corrected chi connectivity index (χ0v) is 28.1. The Bertz CT molecular complexity index is 1920. The Labute approximate surface area is 288 Å². The number of aromatic nitrogens is 3. The minimum Gasteiger partial charge on any atom is -0.492 e. The summed E-state index contributed by atoms with van der Waals surface area (Å²) in [6.07, 6.45) is 1.17. The molecule has 0 unspecified atom stereocenters. The molecule has 1 saturated carbocycles. The van der Waals surface area contributed by atoms with Crippen molar-refractivity contribution in [2.24, 2.45) is 0 Å². The van der Waals surface area contributed by atoms with Gasteiger partial charge in [-0.2, -0.15) is 5.10 Å². The number of carbonyl (C=O) groups excluding carboxylic acids is 5. The lowest BCUT2D eigenvalue weighted by Gasteiger charge is -2.25. The van der Waals surface area contributed by atoms with Crippen molar-refractivity contribution in [2.75, 3.05) is 13.2 Å². The van der Waals surface area contributed by atoms with Crippen LogP contribution in [0.4, 0.5) is 0 Å². The fourth-order valence-electron chi connectivity index (χ4n) is 5.89. The predicted molar refractivity (Wildman–Crippen MR) is 182 cm³/mol. The van der Waals surface area contributed by atoms with Gasteiger partial charge in [-0.05, 0) is 62.9 Å². The molecule has 14 nitrogen and oxygen atoms in total. The van der Waals surface area contributed by atoms with E-state index >= 15 is 0 Å². The van der Waals surface area contributed by atoms with Crippen LogP contribution in [0.25, 0.3) is 5.65 Å². The molecular formula is C36H40N8O6. The molecule has 1 aliphatic carbocycles. The molecule has 4 heterocycles. The molecule has 2 aliphatic heterocycles. The van der Waals surface area contributed by atoms with Gasteiger partial charge in [0.25, 0.3) is 5.91 Å². The summed E-state index contributed by atoms with van der Waals surface area (Å²) in [7, 11) is 0. The second-order valence-electron chi connectivity index (χ2n) is 12.9. The Morgan fingerprint density at radius 1 is 0.960 bits per heavy atom. The first-order chi connectivity index (χ1) is 24.0. The van der Waals surface area contributed by atoms with E-state index in [1.165, 1.54) is 6.92 Å². The lowest BCUT2D eigenvalue weighted by molar-refractivity contribution is -0.134. The monoisotopic (exact) mass is 680 g/mol. The van der Waals surface area contributed by atoms with Crippen LogP contribution in [0, 0.1) is 13.8 Å². The van der Waals surface area contributed by atoms with Gasteiger partial charge in [-0.3, -0.25) is 24.0 Å². The average molecular weight is 681 g/mol. The summed E-state index contributed by atoms with van der Waals surface area (Å²) in [4.78, 5) is 71.9. The Morgan fingerprint density at radius 3 is 2.42 bits per heavy atom. The van der Waals surface area contributed by atoms with Crippen LogP contribution in [0.15, 0.2) is 66.7 Å². The van der Waals surface area contributed by atoms with Crippen LogP contribution in [0.2, 0.25) is 0 Å². The maximum absolute atomic E-state index is 13.8. The number of nitrogens with one attached hydrogen (secondary N) is 5. The predicted octanol–water partition coefficient (Wildman–Crippen LogP) is 1.08. The van der Waals surface area contributed by atoms with E-state index in [2.05, 4.69) is 36.7 Å². The van der Waals surface area contributed by atoms with Crippen molar-refractivity contribution in [1.82, 2.24) is 41.2 Å². The molecule has 2 aromatic carbocycles. The van der Waals surface area contributed by atoms with Crippen molar-refractivity contribution in [3.63, 3.8) is 0 Å². The number of hydrogen-bond acceptors (Lipinski definition) is 8. The van der Waals surface area contributed by atoms with E-state index in [9.17, 15) is 24.0 Å². The van der Waals surface area contributed by atoms with Gasteiger partial charge in [-0.25, -0.2) is 9.50 Å². The number of amides is 5. The van der Waals surface area contributed by atoms with Crippen molar-refractivity contribution >= 4 is 35.2 Å². The second kappa shape index (κ2) is 14.4. The van der Waals surface area contributed by atoms with E-state index < -0.39 is 47.3 Å². The SMILES string of the molecule is Cc1cc(C)n2nc(C(=O)N[C@H]3Cc4ccc(cc4)OCCNC(=O)C4(CC4)NC(=O)[C@@H](Cc4ccccc4)NC(=O)[C@H](C)NC3=O)cc2n1. The Morgan fingerprint density at radius 2 is 1.70 bits per heavy atom. The van der Waals surface area contributed by atoms with Gasteiger partial charge in [-0.15, -0.1) is 0 Å². The highest BCUT2D eigenvalue weighted by atomic mass is 16.5. The van der Waals surface area contributed by atoms with Gasteiger partial charge in [0.05, 0.1) is 6.54 Å². The molecule has 1 fully saturated rings. The number of fused-ring (bicyclic) bond motifs is 16. The Kier molecular flexibility index (Phi) is 9.79. The van der Waals surface area contributed by atoms with E-state index in [1.807, 2.05) is 50.2 Å². The summed E-state index contributed by atoms with van der Waals surface area (Å²) in [5, 5.41) is 18.3. The van der Waals surface area contributed by atoms with Crippen LogP contribution in [0.3, 0.4) is 0 Å². The number of rotatable bonds is 4. The summed E-state index contributed by atoms with van der Waals surface area (Å²) >= 11 is 0. The Hall–Kier alpha value is -5.79. The number of hydrogen-bond donors (Lipinski definition) is 5. The summed E-state index contributed by atoms with van der Waals surface area (Å²) in [5.41, 5.74) is 2.59. The summed E-state index contributed by atoms with van der Waals surface area (Å²) in [6, 6.07) is 16.4. The van der Waals surface area contributed by atoms with Gasteiger partial charge in [0, 0.05) is 30.3 Å². The fourth-order valence-corrected chi connectivity index (χ4v) is 5.89. The fraction of sp³-hybridized carbons (Fsp3) is 0.361. The highest BCUT2D eigenvalue weighted by Gasteiger charge is 2.51. The molecule has 2 bridgehead atoms. The van der Waals surface area contributed by atoms with Gasteiger partial charge >= 0.3 is 0 Å². The van der Waals surface area contributed by atoms with Crippen LogP contribution in [-0.2, 0) is 32.0 Å². The molecule has 5 amide bonds. The van der Waals surface area contributed by atoms with Crippen LogP contribution in [0.1, 0.15) is 52.8 Å². The minimum atomic E-state index is -1.09. The number of aryl methyl sites for hydroxylation is 2. The molecule has 7 rings (SSSR count). The molecule has 260 valence electrons. The van der Waals surface area contributed by atoms with Crippen molar-refractivity contribution in [2.45, 2.75) is 70.1 Å². The molecule has 1 spiro atoms. The van der Waals surface area contributed by atoms with E-state index in [-0.39, 0.29) is 37.6 Å². The normalized spacial score (nSPS) is 21.4. The molecule has 3 atom stereocenters. The number of nitrogens with zero attached hydrogens (tertiary/aromatic N) is 3. The third kappa shape index (κ3) is 7.91. The smallest absolute Gasteiger partial charge is 0.272 e. The number of benzene rings is 2. The van der Waals surface area contributed by atoms with Crippen LogP contribution < -0.4 is 31.3 Å². The van der Waals surface area contributed by atoms with Gasteiger partial charge in [0.1, 0.15) is 36.0 Å². The first kappa shape index (κ1) is 34.1. The van der Waals surface area contributed by atoms with Gasteiger partial charge in [0.15, 0.2) is 11.3 Å². The number of ether oxygens (including phenoxy) is 1. The van der Waals surface area contributed by atoms with E-state index in [0.717, 1.165) is 22.5 Å². The van der Waals surface area contributed by atoms with E-state index in [4.69, 9.17) is 4.74 Å². The summed E-state index contributed by atoms with van der Waals surface area (Å²) in [6.45, 7) is 5.60. The van der Waals surface area contributed by atoms with Gasteiger partial charge in [-0.1, -0.05) is 42.5 Å². The maximum Gasteiger partial charge on any atom is 0.272 e. The minimum absolute atomic E-state index is 0.0790. The highest BCUT2D eigenvalue weighted by Crippen LogP contribution is 2.35. The zero-order valence-electron chi connectivity index (χ0n) is 28.1. The molecule has 5 N–H and O–H groups in total. The largest absolute Gasteiger partial charge is 0.492 e. The standard InChI is InChI=1S/C36H40N8O6/c1-21-17-22(2)44-30(38-21)20-29(43-44)33(47)41-27-19-25-9-11-26(12-10-25)50-16-15-37-35(49)36(13-14-36)42-34(48)28(18-24-7-5-4-6-8-24)40-31(45)23(3)39-32(27)46/h4-12,17,20,23,27-28H,13-16,18-19H2,1-3H3,(H,37,49)(H,39,46)(H,40,45)(H,41,47)(H,42,48)/t23-,27-,28+/m0/s1. The quantitative estimate of drug-likeness (QED) is 0.198. The molecule has 3 aliphatic rings. The third-order valence-electron chi connectivity index (χ3n) is 8.82. The van der Waals surface area contributed by atoms with Crippen LogP contribution >= 0.6 is 0 Å². The van der Waals surface area contributed by atoms with E-state index in [0.29, 0.717) is 24.2 Å². The lowest BCUT2D eigenvalue weighted by atomic mass is 10.0. The molecule has 14 heteroatoms. The van der Waals surface area contributed by atoms with Gasteiger partial charge in [0.2, 0.25) is 23.6 Å². The first-order valence-electron chi connectivity index (χ1n) is 16.6. The first-order valence-corrected chi connectivity index (χ1v) is 16.6. The second-order valence-corrected chi connectivity index (χ2v) is 12.9. The van der Waals surface area contributed by atoms with E-state index in [1.54, 1.807) is 34.8 Å². The van der Waals surface area contributed by atoms with Crippen LogP contribution in [-0.4, -0.2) is 81.0 Å². The molecule has 4 aromatic rings. The summed E-state index contributed by atoms with van der Waals surface area (Å²) < 4.78 is 7.37. The van der Waals surface area contributed by atoms with Crippen LogP contribution in [0.5, 0.6) is 5.75 Å². The average Bonchev–Trinajstić information content (AvgIpc) is 3.74. The third-order valence-corrected chi connectivity index (χ3v) is 8.82. The topological polar surface area (TPSA) is 185 Å². The van der Waals surface area contributed by atoms with Gasteiger partial charge < -0.3 is 31.3 Å². The van der Waals surface area contributed by atoms with Crippen molar-refractivity contribution in [3.05, 3.63) is 94.9 Å². The zero-order chi connectivity index (χ0) is 35.4. The molecule has 0 saturated heterocycles. The highest BCUT2D eigenvalue weighted by molar-refractivity contribution is 5.99. The lowest BCUT2D eigenvalue weighted by Crippen LogP contribution is -2.59. The molecule has 50 heavy (non-hydrogen) atoms. The van der Waals surface area contributed by atoms with Crippen molar-refractivity contribution in [1.29, 1.82) is 0 Å². The Balaban J connectivity index is 1.25. The maximum atomic E-state index is 13.8. The van der Waals surface area contributed by atoms with Crippen molar-refractivity contribution < 1.29 is 28.7 Å². The number of carbonyl (C=O) groups is 5. The van der Waals surface area contributed by atoms with Crippen molar-refractivity contribution in [3.8, 4) is 5.75 Å². The molecule has 0 radical (unpaired) electrons. The molecular weight excluding hydrogens is 640 g/mol. The summed E-state index contributed by atoms with van der Waals surface area (Å²) in [5.74, 6) is -2.09. The molecule has 2 aromatic heterocycles.